The highest BCUT2D eigenvalue weighted by Gasteiger charge is 2.12. The standard InChI is InChI=1S/C9H19NO3/c1-5-12-7-6-8(11)10-13-9(2,3)4/h5-7H2,1-4H3,(H,10,11). The lowest BCUT2D eigenvalue weighted by Crippen LogP contribution is -2.33. The van der Waals surface area contributed by atoms with E-state index >= 15 is 0 Å². The zero-order valence-electron chi connectivity index (χ0n) is 8.85. The number of rotatable bonds is 5. The van der Waals surface area contributed by atoms with Crippen LogP contribution in [0.5, 0.6) is 0 Å². The summed E-state index contributed by atoms with van der Waals surface area (Å²) in [5, 5.41) is 0. The Balaban J connectivity index is 3.41. The van der Waals surface area contributed by atoms with E-state index in [1.165, 1.54) is 0 Å². The topological polar surface area (TPSA) is 47.6 Å². The van der Waals surface area contributed by atoms with Crippen molar-refractivity contribution in [2.24, 2.45) is 0 Å². The van der Waals surface area contributed by atoms with Gasteiger partial charge < -0.3 is 4.74 Å². The summed E-state index contributed by atoms with van der Waals surface area (Å²) < 4.78 is 5.02. The number of amides is 1. The molecule has 4 heteroatoms. The predicted octanol–water partition coefficient (Wildman–Crippen LogP) is 1.26. The third-order valence-electron chi connectivity index (χ3n) is 1.15. The molecule has 1 N–H and O–H groups in total. The smallest absolute Gasteiger partial charge is 0.245 e. The highest BCUT2D eigenvalue weighted by molar-refractivity contribution is 5.74. The Morgan fingerprint density at radius 3 is 2.46 bits per heavy atom. The number of hydrogen-bond donors (Lipinski definition) is 1. The molecule has 0 aliphatic rings. The van der Waals surface area contributed by atoms with Gasteiger partial charge in [0.05, 0.1) is 18.6 Å². The number of carbonyl (C=O) groups is 1. The molecule has 0 rings (SSSR count). The zero-order valence-corrected chi connectivity index (χ0v) is 8.85. The summed E-state index contributed by atoms with van der Waals surface area (Å²) in [6, 6.07) is 0. The van der Waals surface area contributed by atoms with Crippen LogP contribution in [-0.4, -0.2) is 24.7 Å². The SMILES string of the molecule is CCOCCC(=O)NOC(C)(C)C. The molecular weight excluding hydrogens is 170 g/mol. The minimum absolute atomic E-state index is 0.150. The minimum atomic E-state index is -0.346. The van der Waals surface area contributed by atoms with Gasteiger partial charge in [-0.2, -0.15) is 0 Å². The fourth-order valence-corrected chi connectivity index (χ4v) is 0.570. The van der Waals surface area contributed by atoms with Gasteiger partial charge in [-0.15, -0.1) is 0 Å². The third-order valence-corrected chi connectivity index (χ3v) is 1.15. The molecule has 0 aliphatic carbocycles. The van der Waals surface area contributed by atoms with Crippen LogP contribution in [0.15, 0.2) is 0 Å². The first-order chi connectivity index (χ1) is 5.95. The van der Waals surface area contributed by atoms with Crippen molar-refractivity contribution in [2.45, 2.75) is 39.7 Å². The van der Waals surface area contributed by atoms with Crippen LogP contribution in [-0.2, 0) is 14.4 Å². The molecule has 0 spiro atoms. The van der Waals surface area contributed by atoms with Crippen LogP contribution >= 0.6 is 0 Å². The van der Waals surface area contributed by atoms with Crippen molar-refractivity contribution in [2.75, 3.05) is 13.2 Å². The molecule has 0 aromatic rings. The van der Waals surface area contributed by atoms with Gasteiger partial charge in [-0.3, -0.25) is 9.63 Å². The second-order valence-corrected chi connectivity index (χ2v) is 3.69. The zero-order chi connectivity index (χ0) is 10.3. The van der Waals surface area contributed by atoms with Crippen molar-refractivity contribution in [3.63, 3.8) is 0 Å². The van der Waals surface area contributed by atoms with Crippen LogP contribution < -0.4 is 5.48 Å². The van der Waals surface area contributed by atoms with Gasteiger partial charge in [-0.1, -0.05) is 0 Å². The predicted molar refractivity (Wildman–Crippen MR) is 50.1 cm³/mol. The van der Waals surface area contributed by atoms with E-state index in [4.69, 9.17) is 9.57 Å². The van der Waals surface area contributed by atoms with Gasteiger partial charge in [-0.25, -0.2) is 5.48 Å². The lowest BCUT2D eigenvalue weighted by molar-refractivity contribution is -0.146. The summed E-state index contributed by atoms with van der Waals surface area (Å²) in [5.41, 5.74) is 2.02. The van der Waals surface area contributed by atoms with E-state index < -0.39 is 0 Å². The average molecular weight is 189 g/mol. The van der Waals surface area contributed by atoms with Crippen LogP contribution in [0.3, 0.4) is 0 Å². The highest BCUT2D eigenvalue weighted by atomic mass is 16.7. The Morgan fingerprint density at radius 1 is 1.38 bits per heavy atom. The number of ether oxygens (including phenoxy) is 1. The molecule has 1 amide bonds. The molecule has 0 unspecified atom stereocenters. The van der Waals surface area contributed by atoms with Crippen molar-refractivity contribution < 1.29 is 14.4 Å². The fraction of sp³-hybridized carbons (Fsp3) is 0.889. The average Bonchev–Trinajstić information content (AvgIpc) is 2.00. The van der Waals surface area contributed by atoms with E-state index in [1.54, 1.807) is 0 Å². The highest BCUT2D eigenvalue weighted by Crippen LogP contribution is 2.03. The van der Waals surface area contributed by atoms with E-state index in [-0.39, 0.29) is 11.5 Å². The van der Waals surface area contributed by atoms with Gasteiger partial charge in [0.15, 0.2) is 0 Å². The van der Waals surface area contributed by atoms with Crippen molar-refractivity contribution in [3.8, 4) is 0 Å². The summed E-state index contributed by atoms with van der Waals surface area (Å²) in [6.45, 7) is 8.58. The number of hydroxylamine groups is 1. The Labute approximate surface area is 79.6 Å². The Morgan fingerprint density at radius 2 is 2.00 bits per heavy atom. The molecule has 78 valence electrons. The number of nitrogens with one attached hydrogen (secondary N) is 1. The van der Waals surface area contributed by atoms with Gasteiger partial charge in [0.2, 0.25) is 5.91 Å². The van der Waals surface area contributed by atoms with E-state index in [0.29, 0.717) is 19.6 Å². The van der Waals surface area contributed by atoms with Gasteiger partial charge >= 0.3 is 0 Å². The Bertz CT molecular complexity index is 151. The number of hydrogen-bond acceptors (Lipinski definition) is 3. The largest absolute Gasteiger partial charge is 0.381 e. The first kappa shape index (κ1) is 12.4. The van der Waals surface area contributed by atoms with Gasteiger partial charge in [-0.05, 0) is 27.7 Å². The summed E-state index contributed by atoms with van der Waals surface area (Å²) in [5.74, 6) is -0.150. The van der Waals surface area contributed by atoms with Crippen LogP contribution in [0.1, 0.15) is 34.1 Å². The monoisotopic (exact) mass is 189 g/mol. The molecule has 0 bridgehead atoms. The van der Waals surface area contributed by atoms with Crippen LogP contribution in [0.4, 0.5) is 0 Å². The first-order valence-corrected chi connectivity index (χ1v) is 4.50. The molecular formula is C9H19NO3. The Hall–Kier alpha value is -0.610. The van der Waals surface area contributed by atoms with Gasteiger partial charge in [0.25, 0.3) is 0 Å². The first-order valence-electron chi connectivity index (χ1n) is 4.50. The second kappa shape index (κ2) is 5.94. The Kier molecular flexibility index (Phi) is 5.66. The van der Waals surface area contributed by atoms with Crippen molar-refractivity contribution in [3.05, 3.63) is 0 Å². The van der Waals surface area contributed by atoms with E-state index in [9.17, 15) is 4.79 Å². The maximum absolute atomic E-state index is 11.0. The fourth-order valence-electron chi connectivity index (χ4n) is 0.570. The number of carbonyl (C=O) groups excluding carboxylic acids is 1. The molecule has 0 saturated carbocycles. The molecule has 0 fully saturated rings. The molecule has 0 aromatic carbocycles. The van der Waals surface area contributed by atoms with Crippen LogP contribution in [0.25, 0.3) is 0 Å². The summed E-state index contributed by atoms with van der Waals surface area (Å²) >= 11 is 0. The summed E-state index contributed by atoms with van der Waals surface area (Å²) in [6.07, 6.45) is 0.337. The molecule has 0 atom stereocenters. The van der Waals surface area contributed by atoms with Crippen LogP contribution in [0, 0.1) is 0 Å². The van der Waals surface area contributed by atoms with Gasteiger partial charge in [0, 0.05) is 6.61 Å². The van der Waals surface area contributed by atoms with E-state index in [2.05, 4.69) is 5.48 Å². The normalized spacial score (nSPS) is 11.4. The molecule has 13 heavy (non-hydrogen) atoms. The van der Waals surface area contributed by atoms with Crippen LogP contribution in [0.2, 0.25) is 0 Å². The summed E-state index contributed by atoms with van der Waals surface area (Å²) in [7, 11) is 0. The van der Waals surface area contributed by atoms with Crippen molar-refractivity contribution in [1.29, 1.82) is 0 Å². The maximum atomic E-state index is 11.0. The van der Waals surface area contributed by atoms with E-state index in [1.807, 2.05) is 27.7 Å². The lowest BCUT2D eigenvalue weighted by atomic mass is 10.2. The minimum Gasteiger partial charge on any atom is -0.381 e. The molecule has 4 nitrogen and oxygen atoms in total. The summed E-state index contributed by atoms with van der Waals surface area (Å²) in [4.78, 5) is 16.1. The van der Waals surface area contributed by atoms with Gasteiger partial charge in [0.1, 0.15) is 0 Å². The van der Waals surface area contributed by atoms with E-state index in [0.717, 1.165) is 0 Å². The quantitative estimate of drug-likeness (QED) is 0.523. The maximum Gasteiger partial charge on any atom is 0.245 e. The second-order valence-electron chi connectivity index (χ2n) is 3.69. The molecule has 0 aromatic heterocycles. The molecule has 0 saturated heterocycles. The molecule has 0 aliphatic heterocycles. The lowest BCUT2D eigenvalue weighted by Gasteiger charge is -2.18. The van der Waals surface area contributed by atoms with Crippen molar-refractivity contribution in [1.82, 2.24) is 5.48 Å². The van der Waals surface area contributed by atoms with Crippen molar-refractivity contribution >= 4 is 5.91 Å². The molecule has 0 heterocycles. The molecule has 0 radical (unpaired) electrons. The third kappa shape index (κ3) is 9.30.